The van der Waals surface area contributed by atoms with Crippen molar-refractivity contribution >= 4 is 51.7 Å². The summed E-state index contributed by atoms with van der Waals surface area (Å²) in [5.74, 6) is 1.02. The molecule has 4 heterocycles. The third-order valence-corrected chi connectivity index (χ3v) is 7.24. The maximum absolute atomic E-state index is 13.3. The molecule has 0 unspecified atom stereocenters. The molecular formula is C24H27N9O2S2. The van der Waals surface area contributed by atoms with Gasteiger partial charge in [-0.15, -0.1) is 24.0 Å². The first kappa shape index (κ1) is 26.3. The van der Waals surface area contributed by atoms with Crippen molar-refractivity contribution in [1.29, 1.82) is 5.26 Å². The van der Waals surface area contributed by atoms with Gasteiger partial charge < -0.3 is 26.0 Å². The van der Waals surface area contributed by atoms with Crippen LogP contribution in [0.1, 0.15) is 41.4 Å². The number of nitriles is 1. The van der Waals surface area contributed by atoms with E-state index < -0.39 is 0 Å². The van der Waals surface area contributed by atoms with Crippen LogP contribution in [-0.4, -0.2) is 68.1 Å². The van der Waals surface area contributed by atoms with Crippen molar-refractivity contribution in [3.8, 4) is 6.07 Å². The van der Waals surface area contributed by atoms with Crippen LogP contribution in [0.4, 0.5) is 16.9 Å². The number of hydrogen-bond acceptors (Lipinski definition) is 12. The van der Waals surface area contributed by atoms with E-state index in [1.165, 1.54) is 23.7 Å². The summed E-state index contributed by atoms with van der Waals surface area (Å²) in [5, 5.41) is 23.6. The molecule has 1 atom stereocenters. The molecule has 3 aromatic heterocycles. The molecule has 0 bridgehead atoms. The predicted molar refractivity (Wildman–Crippen MR) is 146 cm³/mol. The average Bonchev–Trinajstić information content (AvgIpc) is 3.60. The Balaban J connectivity index is 1.41. The molecule has 4 N–H and O–H groups in total. The van der Waals surface area contributed by atoms with Gasteiger partial charge >= 0.3 is 0 Å². The number of amides is 1. The zero-order chi connectivity index (χ0) is 26.4. The number of nitrogens with one attached hydrogen (secondary N) is 1. The van der Waals surface area contributed by atoms with Gasteiger partial charge in [0.2, 0.25) is 5.95 Å². The fourth-order valence-electron chi connectivity index (χ4n) is 3.99. The molecule has 1 amide bonds. The first-order valence-electron chi connectivity index (χ1n) is 11.7. The number of anilines is 3. The second kappa shape index (κ2) is 12.0. The van der Waals surface area contributed by atoms with Gasteiger partial charge in [-0.2, -0.15) is 5.26 Å². The highest BCUT2D eigenvalue weighted by Gasteiger charge is 2.31. The summed E-state index contributed by atoms with van der Waals surface area (Å²) in [6.07, 6.45) is 6.39. The number of carbonyl (C=O) groups excluding carboxylic acids is 1. The number of pyridine rings is 1. The normalized spacial score (nSPS) is 15.7. The number of nitrogens with two attached hydrogens (primary N) is 1. The lowest BCUT2D eigenvalue weighted by Gasteiger charge is -2.30. The monoisotopic (exact) mass is 537 g/mol. The summed E-state index contributed by atoms with van der Waals surface area (Å²) >= 11 is 5.66. The zero-order valence-corrected chi connectivity index (χ0v) is 21.9. The molecule has 4 rings (SSSR count). The molecule has 1 fully saturated rings. The number of aliphatic hydroxyl groups is 1. The number of likely N-dealkylation sites (tertiary alicyclic amines) is 1. The maximum atomic E-state index is 13.3. The molecule has 0 aromatic carbocycles. The first-order valence-corrected chi connectivity index (χ1v) is 13.0. The number of likely N-dealkylation sites (N-methyl/N-ethyl adjacent to an activating group) is 1. The Kier molecular flexibility index (Phi) is 8.54. The van der Waals surface area contributed by atoms with Gasteiger partial charge in [-0.1, -0.05) is 0 Å². The van der Waals surface area contributed by atoms with E-state index in [0.717, 1.165) is 12.8 Å². The van der Waals surface area contributed by atoms with Crippen molar-refractivity contribution in [2.24, 2.45) is 5.73 Å². The SMILES string of the molecule is CCN(C[C@@H]1CCCN1C(=O)c1ccc(Nc2nc(/C(S)=C(/N)CO)cs2)nc1)c1ncc(C#N)cn1. The van der Waals surface area contributed by atoms with Crippen molar-refractivity contribution in [3.63, 3.8) is 0 Å². The smallest absolute Gasteiger partial charge is 0.255 e. The largest absolute Gasteiger partial charge is 0.399 e. The molecule has 37 heavy (non-hydrogen) atoms. The van der Waals surface area contributed by atoms with E-state index in [4.69, 9.17) is 16.1 Å². The molecule has 1 saturated heterocycles. The van der Waals surface area contributed by atoms with Crippen LogP contribution in [0.5, 0.6) is 0 Å². The number of thiol groups is 1. The van der Waals surface area contributed by atoms with E-state index in [2.05, 4.69) is 37.9 Å². The second-order valence-electron chi connectivity index (χ2n) is 8.34. The van der Waals surface area contributed by atoms with Crippen LogP contribution in [-0.2, 0) is 0 Å². The van der Waals surface area contributed by atoms with Gasteiger partial charge in [-0.3, -0.25) is 4.79 Å². The zero-order valence-electron chi connectivity index (χ0n) is 20.2. The van der Waals surface area contributed by atoms with E-state index in [1.54, 1.807) is 23.7 Å². The van der Waals surface area contributed by atoms with Crippen LogP contribution >= 0.6 is 24.0 Å². The summed E-state index contributed by atoms with van der Waals surface area (Å²) in [4.78, 5) is 35.0. The molecule has 0 aliphatic carbocycles. The molecule has 0 spiro atoms. The summed E-state index contributed by atoms with van der Waals surface area (Å²) in [5.41, 5.74) is 7.44. The Hall–Kier alpha value is -3.73. The number of aromatic nitrogens is 4. The number of nitrogens with zero attached hydrogens (tertiary/aromatic N) is 7. The van der Waals surface area contributed by atoms with Crippen LogP contribution in [0.25, 0.3) is 4.91 Å². The number of hydrogen-bond donors (Lipinski definition) is 4. The molecule has 13 heteroatoms. The molecule has 11 nitrogen and oxygen atoms in total. The lowest BCUT2D eigenvalue weighted by Crippen LogP contribution is -2.44. The maximum Gasteiger partial charge on any atom is 0.255 e. The van der Waals surface area contributed by atoms with Gasteiger partial charge in [0.1, 0.15) is 11.9 Å². The standard InChI is InChI=1S/C24H27N9O2S2/c1-2-32(23-28-9-15(8-25)10-29-23)12-17-4-3-7-33(17)22(35)16-5-6-20(27-11-16)31-24-30-19(14-37-24)21(36)18(26)13-34/h5-6,9-11,14,17,34,36H,2-4,7,12-13,26H2,1H3,(H,27,30,31)/b21-18-/t17-/m0/s1. The Morgan fingerprint density at radius 1 is 1.35 bits per heavy atom. The van der Waals surface area contributed by atoms with E-state index in [0.29, 0.717) is 58.3 Å². The molecule has 0 radical (unpaired) electrons. The summed E-state index contributed by atoms with van der Waals surface area (Å²) < 4.78 is 0. The quantitative estimate of drug-likeness (QED) is 0.299. The van der Waals surface area contributed by atoms with Crippen molar-refractivity contribution < 1.29 is 9.90 Å². The highest BCUT2D eigenvalue weighted by molar-refractivity contribution is 7.90. The number of rotatable bonds is 9. The third-order valence-electron chi connectivity index (χ3n) is 5.97. The lowest BCUT2D eigenvalue weighted by molar-refractivity contribution is 0.0739. The molecule has 1 aliphatic heterocycles. The van der Waals surface area contributed by atoms with E-state index in [9.17, 15) is 4.79 Å². The van der Waals surface area contributed by atoms with Crippen molar-refractivity contribution in [2.75, 3.05) is 36.5 Å². The van der Waals surface area contributed by atoms with Crippen LogP contribution in [0, 0.1) is 11.3 Å². The van der Waals surface area contributed by atoms with Gasteiger partial charge in [-0.25, -0.2) is 19.9 Å². The highest BCUT2D eigenvalue weighted by Crippen LogP contribution is 2.27. The third kappa shape index (κ3) is 6.16. The number of aliphatic hydroxyl groups excluding tert-OH is 1. The number of carbonyl (C=O) groups is 1. The van der Waals surface area contributed by atoms with Gasteiger partial charge in [0.15, 0.2) is 5.13 Å². The molecule has 0 saturated carbocycles. The van der Waals surface area contributed by atoms with Gasteiger partial charge in [0, 0.05) is 43.0 Å². The minimum Gasteiger partial charge on any atom is -0.399 e. The highest BCUT2D eigenvalue weighted by atomic mass is 32.1. The van der Waals surface area contributed by atoms with Crippen LogP contribution in [0.2, 0.25) is 0 Å². The van der Waals surface area contributed by atoms with E-state index >= 15 is 0 Å². The van der Waals surface area contributed by atoms with Crippen molar-refractivity contribution in [3.05, 3.63) is 58.6 Å². The molecular weight excluding hydrogens is 510 g/mol. The lowest BCUT2D eigenvalue weighted by atomic mass is 10.2. The first-order chi connectivity index (χ1) is 17.9. The van der Waals surface area contributed by atoms with E-state index in [-0.39, 0.29) is 24.3 Å². The van der Waals surface area contributed by atoms with Crippen molar-refractivity contribution in [1.82, 2.24) is 24.8 Å². The van der Waals surface area contributed by atoms with Crippen LogP contribution in [0.3, 0.4) is 0 Å². The molecule has 192 valence electrons. The minimum atomic E-state index is -0.298. The Bertz CT molecular complexity index is 1300. The fourth-order valence-corrected chi connectivity index (χ4v) is 4.97. The predicted octanol–water partition coefficient (Wildman–Crippen LogP) is 2.62. The fraction of sp³-hybridized carbons (Fsp3) is 0.333. The summed E-state index contributed by atoms with van der Waals surface area (Å²) in [6, 6.07) is 5.53. The van der Waals surface area contributed by atoms with Gasteiger partial charge in [-0.05, 0) is 31.9 Å². The minimum absolute atomic E-state index is 0.0214. The van der Waals surface area contributed by atoms with Gasteiger partial charge in [0.05, 0.1) is 40.7 Å². The van der Waals surface area contributed by atoms with Crippen molar-refractivity contribution in [2.45, 2.75) is 25.8 Å². The molecule has 1 aliphatic rings. The average molecular weight is 538 g/mol. The molecule has 3 aromatic rings. The van der Waals surface area contributed by atoms with Gasteiger partial charge in [0.25, 0.3) is 5.91 Å². The second-order valence-corrected chi connectivity index (χ2v) is 9.65. The topological polar surface area (TPSA) is 157 Å². The summed E-state index contributed by atoms with van der Waals surface area (Å²) in [7, 11) is 0. The van der Waals surface area contributed by atoms with Crippen LogP contribution < -0.4 is 16.0 Å². The Labute approximate surface area is 224 Å². The Morgan fingerprint density at radius 2 is 2.14 bits per heavy atom. The van der Waals surface area contributed by atoms with E-state index in [1.807, 2.05) is 22.8 Å². The Morgan fingerprint density at radius 3 is 2.78 bits per heavy atom. The summed E-state index contributed by atoms with van der Waals surface area (Å²) in [6.45, 7) is 3.68. The van der Waals surface area contributed by atoms with Crippen LogP contribution in [0.15, 0.2) is 41.8 Å². The number of thiazole rings is 1.